The van der Waals surface area contributed by atoms with Crippen LogP contribution in [0.15, 0.2) is 24.3 Å². The van der Waals surface area contributed by atoms with Crippen LogP contribution in [0.1, 0.15) is 42.7 Å². The number of nitrogens with one attached hydrogen (secondary N) is 1. The van der Waals surface area contributed by atoms with Gasteiger partial charge in [-0.15, -0.1) is 0 Å². The second-order valence-corrected chi connectivity index (χ2v) is 4.40. The summed E-state index contributed by atoms with van der Waals surface area (Å²) in [6.45, 7) is 6.50. The van der Waals surface area contributed by atoms with Crippen molar-refractivity contribution in [2.24, 2.45) is 0 Å². The third kappa shape index (κ3) is 2.33. The molecule has 0 bridgehead atoms. The molecule has 2 aromatic rings. The fraction of sp³-hybridized carbons (Fsp3) is 0.357. The molecule has 0 aliphatic carbocycles. The predicted octanol–water partition coefficient (Wildman–Crippen LogP) is 3.47. The van der Waals surface area contributed by atoms with E-state index in [1.807, 2.05) is 12.1 Å². The maximum absolute atomic E-state index is 11.6. The van der Waals surface area contributed by atoms with Gasteiger partial charge < -0.3 is 9.72 Å². The van der Waals surface area contributed by atoms with E-state index in [1.54, 1.807) is 6.92 Å². The Bertz CT molecular complexity index is 540. The lowest BCUT2D eigenvalue weighted by atomic mass is 10.0. The smallest absolute Gasteiger partial charge is 0.354 e. The van der Waals surface area contributed by atoms with Crippen molar-refractivity contribution >= 4 is 16.9 Å². The Hall–Kier alpha value is -1.77. The minimum atomic E-state index is -0.296. The third-order valence-corrected chi connectivity index (χ3v) is 2.81. The van der Waals surface area contributed by atoms with Crippen LogP contribution < -0.4 is 0 Å². The monoisotopic (exact) mass is 231 g/mol. The molecule has 0 spiro atoms. The molecule has 3 nitrogen and oxygen atoms in total. The first-order valence-corrected chi connectivity index (χ1v) is 5.91. The van der Waals surface area contributed by atoms with Crippen LogP contribution >= 0.6 is 0 Å². The highest BCUT2D eigenvalue weighted by atomic mass is 16.5. The average molecular weight is 231 g/mol. The topological polar surface area (TPSA) is 42.1 Å². The molecule has 0 amide bonds. The number of rotatable bonds is 3. The van der Waals surface area contributed by atoms with Gasteiger partial charge in [0.05, 0.1) is 6.61 Å². The van der Waals surface area contributed by atoms with E-state index in [0.29, 0.717) is 18.2 Å². The summed E-state index contributed by atoms with van der Waals surface area (Å²) < 4.78 is 4.96. The van der Waals surface area contributed by atoms with E-state index in [4.69, 9.17) is 4.74 Å². The Labute approximate surface area is 101 Å². The molecule has 1 N–H and O–H groups in total. The summed E-state index contributed by atoms with van der Waals surface area (Å²) >= 11 is 0. The first kappa shape index (κ1) is 11.7. The van der Waals surface area contributed by atoms with E-state index in [9.17, 15) is 4.79 Å². The molecular formula is C14H17NO2. The highest BCUT2D eigenvalue weighted by molar-refractivity contribution is 5.95. The van der Waals surface area contributed by atoms with E-state index in [-0.39, 0.29) is 5.97 Å². The summed E-state index contributed by atoms with van der Waals surface area (Å²) in [6.07, 6.45) is 0. The first-order chi connectivity index (χ1) is 8.11. The quantitative estimate of drug-likeness (QED) is 0.822. The van der Waals surface area contributed by atoms with Gasteiger partial charge in [-0.3, -0.25) is 0 Å². The summed E-state index contributed by atoms with van der Waals surface area (Å²) in [7, 11) is 0. The Morgan fingerprint density at radius 3 is 2.76 bits per heavy atom. The van der Waals surface area contributed by atoms with Crippen molar-refractivity contribution in [3.05, 3.63) is 35.5 Å². The molecule has 0 aliphatic rings. The van der Waals surface area contributed by atoms with Gasteiger partial charge in [0.15, 0.2) is 0 Å². The van der Waals surface area contributed by atoms with E-state index in [1.165, 1.54) is 5.56 Å². The van der Waals surface area contributed by atoms with Gasteiger partial charge in [0.25, 0.3) is 0 Å². The molecule has 0 radical (unpaired) electrons. The molecule has 1 heterocycles. The van der Waals surface area contributed by atoms with Crippen LogP contribution in [0.25, 0.3) is 10.9 Å². The van der Waals surface area contributed by atoms with Crippen LogP contribution in [0.3, 0.4) is 0 Å². The molecule has 2 rings (SSSR count). The molecule has 1 aromatic heterocycles. The van der Waals surface area contributed by atoms with Gasteiger partial charge in [0, 0.05) is 10.9 Å². The highest BCUT2D eigenvalue weighted by Gasteiger charge is 2.10. The SMILES string of the molecule is CCOC(=O)c1cc2cc(C(C)C)ccc2[nH]1. The molecular weight excluding hydrogens is 214 g/mol. The number of fused-ring (bicyclic) bond motifs is 1. The van der Waals surface area contributed by atoms with Gasteiger partial charge in [-0.2, -0.15) is 0 Å². The second kappa shape index (κ2) is 4.62. The van der Waals surface area contributed by atoms with Crippen LogP contribution in [-0.2, 0) is 4.74 Å². The standard InChI is InChI=1S/C14H17NO2/c1-4-17-14(16)13-8-11-7-10(9(2)3)5-6-12(11)15-13/h5-9,15H,4H2,1-3H3. The summed E-state index contributed by atoms with van der Waals surface area (Å²) in [5.41, 5.74) is 2.76. The van der Waals surface area contributed by atoms with Crippen LogP contribution in [0, 0.1) is 0 Å². The molecule has 90 valence electrons. The van der Waals surface area contributed by atoms with Crippen molar-refractivity contribution in [2.75, 3.05) is 6.61 Å². The summed E-state index contributed by atoms with van der Waals surface area (Å²) in [5.74, 6) is 0.190. The number of aromatic amines is 1. The van der Waals surface area contributed by atoms with Crippen LogP contribution in [0.5, 0.6) is 0 Å². The molecule has 1 aromatic carbocycles. The average Bonchev–Trinajstić information content (AvgIpc) is 2.71. The lowest BCUT2D eigenvalue weighted by Crippen LogP contribution is -2.04. The molecule has 0 fully saturated rings. The molecule has 3 heteroatoms. The Morgan fingerprint density at radius 1 is 1.35 bits per heavy atom. The van der Waals surface area contributed by atoms with Crippen LogP contribution in [0.2, 0.25) is 0 Å². The summed E-state index contributed by atoms with van der Waals surface area (Å²) in [4.78, 5) is 14.7. The maximum Gasteiger partial charge on any atom is 0.354 e. The molecule has 0 unspecified atom stereocenters. The van der Waals surface area contributed by atoms with E-state index >= 15 is 0 Å². The number of H-pyrrole nitrogens is 1. The zero-order chi connectivity index (χ0) is 12.4. The van der Waals surface area contributed by atoms with Crippen molar-refractivity contribution < 1.29 is 9.53 Å². The number of ether oxygens (including phenoxy) is 1. The summed E-state index contributed by atoms with van der Waals surface area (Å²) in [6, 6.07) is 8.05. The van der Waals surface area contributed by atoms with E-state index < -0.39 is 0 Å². The number of esters is 1. The number of carbonyl (C=O) groups is 1. The maximum atomic E-state index is 11.6. The largest absolute Gasteiger partial charge is 0.461 e. The fourth-order valence-electron chi connectivity index (χ4n) is 1.83. The van der Waals surface area contributed by atoms with E-state index in [2.05, 4.69) is 31.0 Å². The number of benzene rings is 1. The van der Waals surface area contributed by atoms with Crippen LogP contribution in [-0.4, -0.2) is 17.6 Å². The van der Waals surface area contributed by atoms with Gasteiger partial charge in [-0.25, -0.2) is 4.79 Å². The second-order valence-electron chi connectivity index (χ2n) is 4.40. The number of hydrogen-bond acceptors (Lipinski definition) is 2. The highest BCUT2D eigenvalue weighted by Crippen LogP contribution is 2.22. The number of hydrogen-bond donors (Lipinski definition) is 1. The van der Waals surface area contributed by atoms with Crippen molar-refractivity contribution in [3.63, 3.8) is 0 Å². The lowest BCUT2D eigenvalue weighted by molar-refractivity contribution is 0.0520. The number of aromatic nitrogens is 1. The Morgan fingerprint density at radius 2 is 2.12 bits per heavy atom. The Kier molecular flexibility index (Phi) is 3.18. The lowest BCUT2D eigenvalue weighted by Gasteiger charge is -2.03. The zero-order valence-electron chi connectivity index (χ0n) is 10.4. The number of carbonyl (C=O) groups excluding carboxylic acids is 1. The minimum absolute atomic E-state index is 0.296. The Balaban J connectivity index is 2.40. The van der Waals surface area contributed by atoms with Gasteiger partial charge in [-0.05, 0) is 36.6 Å². The van der Waals surface area contributed by atoms with Gasteiger partial charge in [-0.1, -0.05) is 19.9 Å². The van der Waals surface area contributed by atoms with Crippen molar-refractivity contribution in [3.8, 4) is 0 Å². The van der Waals surface area contributed by atoms with Crippen molar-refractivity contribution in [2.45, 2.75) is 26.7 Å². The molecule has 0 saturated carbocycles. The summed E-state index contributed by atoms with van der Waals surface area (Å²) in [5, 5.41) is 1.05. The van der Waals surface area contributed by atoms with Gasteiger partial charge >= 0.3 is 5.97 Å². The molecule has 0 atom stereocenters. The minimum Gasteiger partial charge on any atom is -0.461 e. The normalized spacial score (nSPS) is 11.1. The fourth-order valence-corrected chi connectivity index (χ4v) is 1.83. The van der Waals surface area contributed by atoms with Crippen molar-refractivity contribution in [1.29, 1.82) is 0 Å². The van der Waals surface area contributed by atoms with Crippen molar-refractivity contribution in [1.82, 2.24) is 4.98 Å². The van der Waals surface area contributed by atoms with Gasteiger partial charge in [0.2, 0.25) is 0 Å². The first-order valence-electron chi connectivity index (χ1n) is 5.91. The van der Waals surface area contributed by atoms with Crippen LogP contribution in [0.4, 0.5) is 0 Å². The van der Waals surface area contributed by atoms with E-state index in [0.717, 1.165) is 10.9 Å². The molecule has 17 heavy (non-hydrogen) atoms. The molecule has 0 aliphatic heterocycles. The zero-order valence-corrected chi connectivity index (χ0v) is 10.4. The molecule has 0 saturated heterocycles. The third-order valence-electron chi connectivity index (χ3n) is 2.81. The van der Waals surface area contributed by atoms with Gasteiger partial charge in [0.1, 0.15) is 5.69 Å². The predicted molar refractivity (Wildman–Crippen MR) is 68.3 cm³/mol.